The van der Waals surface area contributed by atoms with E-state index in [-0.39, 0.29) is 13.1 Å². The van der Waals surface area contributed by atoms with Crippen LogP contribution in [0.2, 0.25) is 0 Å². The zero-order chi connectivity index (χ0) is 18.9. The zero-order valence-corrected chi connectivity index (χ0v) is 14.8. The monoisotopic (exact) mass is 379 g/mol. The van der Waals surface area contributed by atoms with Crippen LogP contribution in [0, 0.1) is 5.82 Å². The van der Waals surface area contributed by atoms with Gasteiger partial charge in [0, 0.05) is 17.8 Å². The Morgan fingerprint density at radius 3 is 2.50 bits per heavy atom. The predicted molar refractivity (Wildman–Crippen MR) is 97.0 cm³/mol. The summed E-state index contributed by atoms with van der Waals surface area (Å²) in [5.74, 6) is -0.504. The molecular weight excluding hydrogens is 361 g/mol. The second-order valence-electron chi connectivity index (χ2n) is 5.97. The Bertz CT molecular complexity index is 932. The Balaban J connectivity index is 1.83. The summed E-state index contributed by atoms with van der Waals surface area (Å²) in [5.41, 5.74) is 7.19. The van der Waals surface area contributed by atoms with Crippen molar-refractivity contribution in [3.05, 3.63) is 48.3 Å². The fourth-order valence-corrected chi connectivity index (χ4v) is 3.26. The van der Waals surface area contributed by atoms with E-state index in [1.165, 1.54) is 11.0 Å². The van der Waals surface area contributed by atoms with E-state index in [4.69, 9.17) is 10.5 Å². The molecule has 138 valence electrons. The van der Waals surface area contributed by atoms with Crippen molar-refractivity contribution < 1.29 is 22.3 Å². The van der Waals surface area contributed by atoms with Gasteiger partial charge in [-0.1, -0.05) is 12.1 Å². The van der Waals surface area contributed by atoms with Gasteiger partial charge in [-0.3, -0.25) is 9.62 Å². The molecule has 3 N–H and O–H groups in total. The van der Waals surface area contributed by atoms with E-state index in [1.807, 2.05) is 0 Å². The number of nitrogens with one attached hydrogen (secondary N) is 1. The van der Waals surface area contributed by atoms with Gasteiger partial charge in [-0.05, 0) is 35.9 Å². The molecule has 0 spiro atoms. The maximum Gasteiger partial charge on any atom is 0.414 e. The topological polar surface area (TPSA) is 102 Å². The number of halogens is 1. The minimum Gasteiger partial charge on any atom is -0.443 e. The van der Waals surface area contributed by atoms with Crippen molar-refractivity contribution in [1.29, 1.82) is 0 Å². The van der Waals surface area contributed by atoms with Gasteiger partial charge in [-0.25, -0.2) is 17.6 Å². The Labute approximate surface area is 150 Å². The molecule has 2 aromatic rings. The maximum atomic E-state index is 14.6. The van der Waals surface area contributed by atoms with Gasteiger partial charge >= 0.3 is 6.09 Å². The molecular formula is C17H18FN3O4S. The fourth-order valence-electron chi connectivity index (χ4n) is 2.69. The summed E-state index contributed by atoms with van der Waals surface area (Å²) in [6.07, 6.45) is 0.0988. The van der Waals surface area contributed by atoms with Crippen molar-refractivity contribution in [3.63, 3.8) is 0 Å². The quantitative estimate of drug-likeness (QED) is 0.829. The lowest BCUT2D eigenvalue weighted by Crippen LogP contribution is -2.27. The average Bonchev–Trinajstić information content (AvgIpc) is 2.95. The molecule has 1 saturated heterocycles. The molecule has 0 aromatic heterocycles. The number of nitrogens with zero attached hydrogens (tertiary/aromatic N) is 1. The van der Waals surface area contributed by atoms with Crippen molar-refractivity contribution in [1.82, 2.24) is 0 Å². The van der Waals surface area contributed by atoms with E-state index < -0.39 is 28.0 Å². The van der Waals surface area contributed by atoms with Gasteiger partial charge in [-0.2, -0.15) is 0 Å². The smallest absolute Gasteiger partial charge is 0.414 e. The number of carbonyl (C=O) groups excluding carboxylic acids is 1. The van der Waals surface area contributed by atoms with E-state index in [0.29, 0.717) is 22.5 Å². The van der Waals surface area contributed by atoms with Crippen LogP contribution in [-0.2, 0) is 14.8 Å². The summed E-state index contributed by atoms with van der Waals surface area (Å²) in [7, 11) is -3.37. The molecule has 26 heavy (non-hydrogen) atoms. The molecule has 0 saturated carbocycles. The fraction of sp³-hybridized carbons (Fsp3) is 0.235. The molecule has 0 bridgehead atoms. The van der Waals surface area contributed by atoms with Crippen LogP contribution in [0.25, 0.3) is 11.1 Å². The summed E-state index contributed by atoms with van der Waals surface area (Å²) < 4.78 is 44.4. The predicted octanol–water partition coefficient (Wildman–Crippen LogP) is 2.15. The highest BCUT2D eigenvalue weighted by atomic mass is 32.2. The van der Waals surface area contributed by atoms with Crippen LogP contribution < -0.4 is 15.4 Å². The second-order valence-corrected chi connectivity index (χ2v) is 7.72. The largest absolute Gasteiger partial charge is 0.443 e. The van der Waals surface area contributed by atoms with Crippen molar-refractivity contribution >= 4 is 27.5 Å². The van der Waals surface area contributed by atoms with Gasteiger partial charge in [-0.15, -0.1) is 0 Å². The number of hydrogen-bond donors (Lipinski definition) is 2. The molecule has 2 aromatic carbocycles. The number of anilines is 2. The van der Waals surface area contributed by atoms with E-state index in [0.717, 1.165) is 6.26 Å². The van der Waals surface area contributed by atoms with Crippen molar-refractivity contribution in [2.45, 2.75) is 6.10 Å². The number of cyclic esters (lactones) is 1. The number of rotatable bonds is 5. The second kappa shape index (κ2) is 6.93. The first-order valence-corrected chi connectivity index (χ1v) is 9.72. The van der Waals surface area contributed by atoms with Crippen molar-refractivity contribution in [3.8, 4) is 11.1 Å². The third-order valence-corrected chi connectivity index (χ3v) is 4.51. The molecule has 1 aliphatic heterocycles. The molecule has 1 fully saturated rings. The molecule has 9 heteroatoms. The molecule has 1 amide bonds. The first-order chi connectivity index (χ1) is 12.3. The van der Waals surface area contributed by atoms with Crippen LogP contribution in [0.5, 0.6) is 0 Å². The van der Waals surface area contributed by atoms with Gasteiger partial charge in [0.2, 0.25) is 10.0 Å². The minimum atomic E-state index is -3.37. The molecule has 0 unspecified atom stereocenters. The number of carbonyl (C=O) groups is 1. The van der Waals surface area contributed by atoms with Gasteiger partial charge in [0.15, 0.2) is 0 Å². The first kappa shape index (κ1) is 18.2. The minimum absolute atomic E-state index is 0.205. The number of nitrogens with two attached hydrogens (primary N) is 1. The van der Waals surface area contributed by atoms with Crippen LogP contribution >= 0.6 is 0 Å². The molecule has 3 rings (SSSR count). The summed E-state index contributed by atoms with van der Waals surface area (Å²) in [6.45, 7) is 0.483. The molecule has 1 aliphatic rings. The molecule has 0 radical (unpaired) electrons. The van der Waals surface area contributed by atoms with E-state index in [9.17, 15) is 17.6 Å². The zero-order valence-electron chi connectivity index (χ0n) is 14.0. The average molecular weight is 379 g/mol. The van der Waals surface area contributed by atoms with Crippen molar-refractivity contribution in [2.24, 2.45) is 5.73 Å². The summed E-state index contributed by atoms with van der Waals surface area (Å²) in [6, 6.07) is 10.8. The summed E-state index contributed by atoms with van der Waals surface area (Å²) in [5, 5.41) is 0. The van der Waals surface area contributed by atoms with Crippen LogP contribution in [0.3, 0.4) is 0 Å². The van der Waals surface area contributed by atoms with Crippen LogP contribution in [0.4, 0.5) is 20.6 Å². The molecule has 7 nitrogen and oxygen atoms in total. The van der Waals surface area contributed by atoms with E-state index in [2.05, 4.69) is 4.72 Å². The van der Waals surface area contributed by atoms with Gasteiger partial charge in [0.05, 0.1) is 18.5 Å². The Hall–Kier alpha value is -2.65. The number of benzene rings is 2. The first-order valence-electron chi connectivity index (χ1n) is 7.83. The Kier molecular flexibility index (Phi) is 4.84. The van der Waals surface area contributed by atoms with Crippen LogP contribution in [0.1, 0.15) is 0 Å². The number of ether oxygens (including phenoxy) is 1. The van der Waals surface area contributed by atoms with Gasteiger partial charge in [0.1, 0.15) is 11.9 Å². The third kappa shape index (κ3) is 3.94. The van der Waals surface area contributed by atoms with Crippen LogP contribution in [-0.4, -0.2) is 40.0 Å². The summed E-state index contributed by atoms with van der Waals surface area (Å²) in [4.78, 5) is 13.2. The number of sulfonamides is 1. The van der Waals surface area contributed by atoms with Crippen LogP contribution in [0.15, 0.2) is 42.5 Å². The highest BCUT2D eigenvalue weighted by Crippen LogP contribution is 2.29. The molecule has 0 aliphatic carbocycles. The Morgan fingerprint density at radius 1 is 1.27 bits per heavy atom. The van der Waals surface area contributed by atoms with E-state index in [1.54, 1.807) is 36.4 Å². The number of hydrogen-bond acceptors (Lipinski definition) is 5. The molecule has 1 atom stereocenters. The van der Waals surface area contributed by atoms with Gasteiger partial charge < -0.3 is 10.5 Å². The van der Waals surface area contributed by atoms with Gasteiger partial charge in [0.25, 0.3) is 0 Å². The molecule has 1 heterocycles. The highest BCUT2D eigenvalue weighted by Gasteiger charge is 2.31. The van der Waals surface area contributed by atoms with E-state index >= 15 is 0 Å². The number of amides is 1. The highest BCUT2D eigenvalue weighted by molar-refractivity contribution is 7.92. The lowest BCUT2D eigenvalue weighted by Gasteiger charge is -2.14. The summed E-state index contributed by atoms with van der Waals surface area (Å²) >= 11 is 0. The maximum absolute atomic E-state index is 14.6. The third-order valence-electron chi connectivity index (χ3n) is 3.90. The SMILES string of the molecule is CS(=O)(=O)Nc1ccc(-c2ccc(N3C[C@H](CN)OC3=O)cc2F)cc1. The lowest BCUT2D eigenvalue weighted by atomic mass is 10.0. The normalized spacial score (nSPS) is 17.3. The lowest BCUT2D eigenvalue weighted by molar-refractivity contribution is 0.145. The standard InChI is InChI=1S/C17H18FN3O4S/c1-26(23,24)20-12-4-2-11(3-5-12)15-7-6-13(8-16(15)18)21-10-14(9-19)25-17(21)22/h2-8,14,20H,9-10,19H2,1H3/t14-/m0/s1. The van der Waals surface area contributed by atoms with Crippen molar-refractivity contribution in [2.75, 3.05) is 29.0 Å². The Morgan fingerprint density at radius 2 is 1.96 bits per heavy atom.